The highest BCUT2D eigenvalue weighted by atomic mass is 32.2. The summed E-state index contributed by atoms with van der Waals surface area (Å²) in [4.78, 5) is 30.0. The van der Waals surface area contributed by atoms with E-state index in [0.29, 0.717) is 24.1 Å². The molecule has 46 heavy (non-hydrogen) atoms. The van der Waals surface area contributed by atoms with Gasteiger partial charge in [0.05, 0.1) is 10.6 Å². The standard InChI is InChI=1S/C37H42FN3O4S/c1-5-28(4)39-37(43)35(24-29-12-8-7-9-13-29)40(25-30-18-20-32(38)21-19-30)36(42)26-41(34-15-11-10-14-31(34)6-2)46(44,45)33-22-16-27(3)17-23-33/h7-23,28,35H,5-6,24-26H2,1-4H3,(H,39,43)/t28-,35+/m1/s1. The van der Waals surface area contributed by atoms with E-state index in [1.165, 1.54) is 29.2 Å². The lowest BCUT2D eigenvalue weighted by molar-refractivity contribution is -0.140. The van der Waals surface area contributed by atoms with E-state index in [9.17, 15) is 22.4 Å². The normalized spacial score (nSPS) is 12.6. The fourth-order valence-electron chi connectivity index (χ4n) is 5.19. The number of aryl methyl sites for hydroxylation is 2. The molecular formula is C37H42FN3O4S. The van der Waals surface area contributed by atoms with Gasteiger partial charge in [0.15, 0.2) is 0 Å². The quantitative estimate of drug-likeness (QED) is 0.171. The average molecular weight is 644 g/mol. The first-order valence-electron chi connectivity index (χ1n) is 15.6. The van der Waals surface area contributed by atoms with Gasteiger partial charge in [0.1, 0.15) is 18.4 Å². The second kappa shape index (κ2) is 15.7. The van der Waals surface area contributed by atoms with Crippen molar-refractivity contribution in [2.45, 2.75) is 70.5 Å². The number of sulfonamides is 1. The van der Waals surface area contributed by atoms with Crippen LogP contribution in [-0.2, 0) is 39.0 Å². The second-order valence-electron chi connectivity index (χ2n) is 11.5. The molecule has 4 aromatic rings. The number of amides is 2. The maximum absolute atomic E-state index is 14.6. The number of hydrogen-bond acceptors (Lipinski definition) is 4. The van der Waals surface area contributed by atoms with Crippen molar-refractivity contribution in [3.8, 4) is 0 Å². The zero-order chi connectivity index (χ0) is 33.3. The van der Waals surface area contributed by atoms with Gasteiger partial charge in [-0.1, -0.05) is 92.2 Å². The summed E-state index contributed by atoms with van der Waals surface area (Å²) in [5.74, 6) is -1.34. The van der Waals surface area contributed by atoms with Gasteiger partial charge >= 0.3 is 0 Å². The Bertz CT molecular complexity index is 1710. The molecule has 2 amide bonds. The fourth-order valence-corrected chi connectivity index (χ4v) is 6.64. The van der Waals surface area contributed by atoms with Gasteiger partial charge in [0, 0.05) is 19.0 Å². The smallest absolute Gasteiger partial charge is 0.264 e. The molecule has 4 rings (SSSR count). The first kappa shape index (κ1) is 34.4. The minimum Gasteiger partial charge on any atom is -0.352 e. The Labute approximate surface area is 272 Å². The number of para-hydroxylation sites is 1. The molecule has 2 atom stereocenters. The molecule has 0 saturated carbocycles. The maximum Gasteiger partial charge on any atom is 0.264 e. The zero-order valence-electron chi connectivity index (χ0n) is 26.8. The van der Waals surface area contributed by atoms with Gasteiger partial charge in [-0.15, -0.1) is 0 Å². The van der Waals surface area contributed by atoms with Crippen molar-refractivity contribution in [3.05, 3.63) is 131 Å². The number of carbonyl (C=O) groups is 2. The molecule has 0 aromatic heterocycles. The van der Waals surface area contributed by atoms with Crippen LogP contribution in [0.15, 0.2) is 108 Å². The van der Waals surface area contributed by atoms with Crippen LogP contribution in [0.25, 0.3) is 0 Å². The monoisotopic (exact) mass is 643 g/mol. The summed E-state index contributed by atoms with van der Waals surface area (Å²) in [5.41, 5.74) is 3.49. The molecule has 1 N–H and O–H groups in total. The lowest BCUT2D eigenvalue weighted by Gasteiger charge is -2.34. The number of benzene rings is 4. The zero-order valence-corrected chi connectivity index (χ0v) is 27.6. The van der Waals surface area contributed by atoms with Crippen LogP contribution >= 0.6 is 0 Å². The molecule has 7 nitrogen and oxygen atoms in total. The number of rotatable bonds is 14. The van der Waals surface area contributed by atoms with E-state index >= 15 is 0 Å². The highest BCUT2D eigenvalue weighted by Gasteiger charge is 2.35. The third-order valence-corrected chi connectivity index (χ3v) is 9.84. The second-order valence-corrected chi connectivity index (χ2v) is 13.3. The third kappa shape index (κ3) is 8.60. The summed E-state index contributed by atoms with van der Waals surface area (Å²) in [6, 6.07) is 27.6. The maximum atomic E-state index is 14.6. The highest BCUT2D eigenvalue weighted by molar-refractivity contribution is 7.92. The van der Waals surface area contributed by atoms with Gasteiger partial charge in [0.25, 0.3) is 10.0 Å². The summed E-state index contributed by atoms with van der Waals surface area (Å²) >= 11 is 0. The van der Waals surface area contributed by atoms with Crippen molar-refractivity contribution in [3.63, 3.8) is 0 Å². The topological polar surface area (TPSA) is 86.8 Å². The molecule has 9 heteroatoms. The minimum absolute atomic E-state index is 0.0294. The number of carbonyl (C=O) groups excluding carboxylic acids is 2. The Morgan fingerprint density at radius 3 is 2.09 bits per heavy atom. The largest absolute Gasteiger partial charge is 0.352 e. The lowest BCUT2D eigenvalue weighted by Crippen LogP contribution is -2.54. The van der Waals surface area contributed by atoms with Crippen LogP contribution in [-0.4, -0.2) is 43.8 Å². The Morgan fingerprint density at radius 1 is 0.826 bits per heavy atom. The predicted molar refractivity (Wildman–Crippen MR) is 180 cm³/mol. The van der Waals surface area contributed by atoms with Gasteiger partial charge < -0.3 is 10.2 Å². The molecule has 0 aliphatic carbocycles. The Balaban J connectivity index is 1.83. The molecule has 0 spiro atoms. The molecular weight excluding hydrogens is 601 g/mol. The summed E-state index contributed by atoms with van der Waals surface area (Å²) in [6.07, 6.45) is 1.43. The number of anilines is 1. The molecule has 0 aliphatic heterocycles. The van der Waals surface area contributed by atoms with E-state index in [2.05, 4.69) is 5.32 Å². The molecule has 0 heterocycles. The Morgan fingerprint density at radius 2 is 1.46 bits per heavy atom. The molecule has 0 unspecified atom stereocenters. The van der Waals surface area contributed by atoms with Crippen molar-refractivity contribution < 1.29 is 22.4 Å². The molecule has 0 aliphatic rings. The van der Waals surface area contributed by atoms with Crippen LogP contribution in [0.1, 0.15) is 49.4 Å². The molecule has 0 bridgehead atoms. The molecule has 0 radical (unpaired) electrons. The summed E-state index contributed by atoms with van der Waals surface area (Å²) < 4.78 is 43.6. The van der Waals surface area contributed by atoms with Gasteiger partial charge in [-0.05, 0) is 73.7 Å². The van der Waals surface area contributed by atoms with Gasteiger partial charge in [0.2, 0.25) is 11.8 Å². The van der Waals surface area contributed by atoms with Crippen LogP contribution < -0.4 is 9.62 Å². The number of nitrogens with one attached hydrogen (secondary N) is 1. The third-order valence-electron chi connectivity index (χ3n) is 8.07. The van der Waals surface area contributed by atoms with Crippen molar-refractivity contribution >= 4 is 27.5 Å². The van der Waals surface area contributed by atoms with E-state index in [-0.39, 0.29) is 29.8 Å². The highest BCUT2D eigenvalue weighted by Crippen LogP contribution is 2.29. The summed E-state index contributed by atoms with van der Waals surface area (Å²) in [6.45, 7) is 7.06. The number of nitrogens with zero attached hydrogens (tertiary/aromatic N) is 2. The van der Waals surface area contributed by atoms with Crippen molar-refractivity contribution in [1.29, 1.82) is 0 Å². The van der Waals surface area contributed by atoms with Gasteiger partial charge in [-0.2, -0.15) is 0 Å². The average Bonchev–Trinajstić information content (AvgIpc) is 3.06. The summed E-state index contributed by atoms with van der Waals surface area (Å²) in [5, 5.41) is 3.02. The number of halogens is 1. The predicted octanol–water partition coefficient (Wildman–Crippen LogP) is 6.45. The SMILES string of the molecule is CCc1ccccc1N(CC(=O)N(Cc1ccc(F)cc1)[C@@H](Cc1ccccc1)C(=O)N[C@H](C)CC)S(=O)(=O)c1ccc(C)cc1. The van der Waals surface area contributed by atoms with E-state index < -0.39 is 34.3 Å². The van der Waals surface area contributed by atoms with Crippen molar-refractivity contribution in [2.75, 3.05) is 10.8 Å². The Kier molecular flexibility index (Phi) is 11.7. The Hall–Kier alpha value is -4.50. The molecule has 0 fully saturated rings. The van der Waals surface area contributed by atoms with E-state index in [1.807, 2.05) is 70.2 Å². The van der Waals surface area contributed by atoms with Gasteiger partial charge in [-0.25, -0.2) is 12.8 Å². The van der Waals surface area contributed by atoms with E-state index in [0.717, 1.165) is 21.0 Å². The van der Waals surface area contributed by atoms with E-state index in [1.54, 1.807) is 36.4 Å². The van der Waals surface area contributed by atoms with Crippen LogP contribution in [0.4, 0.5) is 10.1 Å². The minimum atomic E-state index is -4.20. The summed E-state index contributed by atoms with van der Waals surface area (Å²) in [7, 11) is -4.20. The van der Waals surface area contributed by atoms with Crippen LogP contribution in [0.5, 0.6) is 0 Å². The van der Waals surface area contributed by atoms with Crippen LogP contribution in [0.3, 0.4) is 0 Å². The van der Waals surface area contributed by atoms with E-state index in [4.69, 9.17) is 0 Å². The molecule has 4 aromatic carbocycles. The molecule has 242 valence electrons. The molecule has 0 saturated heterocycles. The first-order valence-corrected chi connectivity index (χ1v) is 17.0. The van der Waals surface area contributed by atoms with Crippen molar-refractivity contribution in [2.24, 2.45) is 0 Å². The van der Waals surface area contributed by atoms with Crippen LogP contribution in [0, 0.1) is 12.7 Å². The lowest BCUT2D eigenvalue weighted by atomic mass is 10.0. The first-order chi connectivity index (χ1) is 22.0. The van der Waals surface area contributed by atoms with Crippen molar-refractivity contribution in [1.82, 2.24) is 10.2 Å². The number of hydrogen-bond donors (Lipinski definition) is 1. The van der Waals surface area contributed by atoms with Gasteiger partial charge in [-0.3, -0.25) is 13.9 Å². The fraction of sp³-hybridized carbons (Fsp3) is 0.297. The van der Waals surface area contributed by atoms with Crippen LogP contribution in [0.2, 0.25) is 0 Å².